The number of barbiturate groups is 1. The van der Waals surface area contributed by atoms with Crippen LogP contribution in [0.25, 0.3) is 6.08 Å². The van der Waals surface area contributed by atoms with Gasteiger partial charge in [0.1, 0.15) is 5.57 Å². The third-order valence-corrected chi connectivity index (χ3v) is 5.91. The number of rotatable bonds is 9. The van der Waals surface area contributed by atoms with Crippen molar-refractivity contribution in [2.45, 2.75) is 26.4 Å². The Morgan fingerprint density at radius 1 is 1.06 bits per heavy atom. The number of hydrogen-bond donors (Lipinski definition) is 0. The number of anilines is 1. The Morgan fingerprint density at radius 3 is 2.38 bits per heavy atom. The standard InChI is InChI=1S/C25H27BrN2O6/c1-5-16(2)34-22-20(26)14-17(15-21(22)33-4)13-19-23(29)27(11-12-32-3)25(31)28(24(19)30)18-9-7-6-8-10-18/h6-10,13-16H,5,11-12H2,1-4H3/b19-13-/t16-/m0/s1. The number of urea groups is 1. The summed E-state index contributed by atoms with van der Waals surface area (Å²) >= 11 is 3.50. The van der Waals surface area contributed by atoms with Crippen molar-refractivity contribution >= 4 is 45.5 Å². The molecule has 180 valence electrons. The zero-order valence-corrected chi connectivity index (χ0v) is 21.1. The molecular weight excluding hydrogens is 504 g/mol. The highest BCUT2D eigenvalue weighted by molar-refractivity contribution is 9.10. The largest absolute Gasteiger partial charge is 0.493 e. The smallest absolute Gasteiger partial charge is 0.338 e. The first-order chi connectivity index (χ1) is 16.3. The molecule has 0 spiro atoms. The molecule has 1 aliphatic rings. The quantitative estimate of drug-likeness (QED) is 0.346. The molecule has 9 heteroatoms. The van der Waals surface area contributed by atoms with E-state index in [4.69, 9.17) is 14.2 Å². The van der Waals surface area contributed by atoms with Crippen LogP contribution in [0.3, 0.4) is 0 Å². The summed E-state index contributed by atoms with van der Waals surface area (Å²) in [5, 5.41) is 0. The molecule has 0 aliphatic carbocycles. The van der Waals surface area contributed by atoms with Crippen molar-refractivity contribution in [1.82, 2.24) is 4.90 Å². The zero-order valence-electron chi connectivity index (χ0n) is 19.5. The van der Waals surface area contributed by atoms with Gasteiger partial charge in [0, 0.05) is 7.11 Å². The van der Waals surface area contributed by atoms with Crippen molar-refractivity contribution in [3.63, 3.8) is 0 Å². The molecule has 1 saturated heterocycles. The van der Waals surface area contributed by atoms with E-state index in [1.165, 1.54) is 20.3 Å². The average Bonchev–Trinajstić information content (AvgIpc) is 2.83. The van der Waals surface area contributed by atoms with Crippen molar-refractivity contribution < 1.29 is 28.6 Å². The second kappa shape index (κ2) is 11.3. The van der Waals surface area contributed by atoms with Gasteiger partial charge in [-0.1, -0.05) is 25.1 Å². The van der Waals surface area contributed by atoms with Crippen molar-refractivity contribution in [2.24, 2.45) is 0 Å². The van der Waals surface area contributed by atoms with Crippen LogP contribution in [-0.2, 0) is 14.3 Å². The highest BCUT2D eigenvalue weighted by atomic mass is 79.9. The van der Waals surface area contributed by atoms with E-state index in [0.29, 0.717) is 27.2 Å². The number of halogens is 1. The van der Waals surface area contributed by atoms with Crippen LogP contribution in [-0.4, -0.2) is 56.2 Å². The predicted octanol–water partition coefficient (Wildman–Crippen LogP) is 4.66. The number of hydrogen-bond acceptors (Lipinski definition) is 6. The lowest BCUT2D eigenvalue weighted by molar-refractivity contribution is -0.129. The van der Waals surface area contributed by atoms with Gasteiger partial charge in [-0.3, -0.25) is 14.5 Å². The number of nitrogens with zero attached hydrogens (tertiary/aromatic N) is 2. The molecule has 4 amide bonds. The van der Waals surface area contributed by atoms with Crippen LogP contribution >= 0.6 is 15.9 Å². The number of carbonyl (C=O) groups excluding carboxylic acids is 3. The normalized spacial score (nSPS) is 16.3. The Morgan fingerprint density at radius 2 is 1.76 bits per heavy atom. The number of carbonyl (C=O) groups is 3. The van der Waals surface area contributed by atoms with Crippen LogP contribution < -0.4 is 14.4 Å². The Kier molecular flexibility index (Phi) is 8.46. The molecule has 0 saturated carbocycles. The number of para-hydroxylation sites is 1. The first-order valence-corrected chi connectivity index (χ1v) is 11.6. The molecule has 34 heavy (non-hydrogen) atoms. The lowest BCUT2D eigenvalue weighted by Crippen LogP contribution is -2.57. The molecule has 0 radical (unpaired) electrons. The highest BCUT2D eigenvalue weighted by Crippen LogP contribution is 2.38. The summed E-state index contributed by atoms with van der Waals surface area (Å²) in [5.41, 5.74) is 0.754. The molecule has 0 unspecified atom stereocenters. The maximum absolute atomic E-state index is 13.4. The van der Waals surface area contributed by atoms with Crippen LogP contribution in [0.4, 0.5) is 10.5 Å². The molecular formula is C25H27BrN2O6. The van der Waals surface area contributed by atoms with Gasteiger partial charge in [0.05, 0.1) is 36.5 Å². The van der Waals surface area contributed by atoms with Crippen LogP contribution in [0.2, 0.25) is 0 Å². The van der Waals surface area contributed by atoms with Gasteiger partial charge in [-0.05, 0) is 65.2 Å². The molecule has 1 atom stereocenters. The molecule has 2 aromatic carbocycles. The molecule has 1 fully saturated rings. The molecule has 1 heterocycles. The monoisotopic (exact) mass is 530 g/mol. The van der Waals surface area contributed by atoms with Crippen molar-refractivity contribution in [3.8, 4) is 11.5 Å². The maximum atomic E-state index is 13.4. The second-order valence-corrected chi connectivity index (χ2v) is 8.49. The zero-order chi connectivity index (χ0) is 24.8. The molecule has 2 aromatic rings. The van der Waals surface area contributed by atoms with Gasteiger partial charge in [-0.25, -0.2) is 9.69 Å². The predicted molar refractivity (Wildman–Crippen MR) is 132 cm³/mol. The SMILES string of the molecule is CC[C@H](C)Oc1c(Br)cc(/C=C2/C(=O)N(CCOC)C(=O)N(c3ccccc3)C2=O)cc1OC. The summed E-state index contributed by atoms with van der Waals surface area (Å²) in [6.45, 7) is 4.11. The minimum Gasteiger partial charge on any atom is -0.493 e. The highest BCUT2D eigenvalue weighted by Gasteiger charge is 2.42. The van der Waals surface area contributed by atoms with Crippen LogP contribution in [0, 0.1) is 0 Å². The van der Waals surface area contributed by atoms with E-state index in [1.54, 1.807) is 42.5 Å². The first-order valence-electron chi connectivity index (χ1n) is 10.8. The van der Waals surface area contributed by atoms with Crippen LogP contribution in [0.1, 0.15) is 25.8 Å². The van der Waals surface area contributed by atoms with Gasteiger partial charge in [-0.2, -0.15) is 0 Å². The van der Waals surface area contributed by atoms with Gasteiger partial charge in [-0.15, -0.1) is 0 Å². The Labute approximate surface area is 207 Å². The van der Waals surface area contributed by atoms with Gasteiger partial charge in [0.25, 0.3) is 11.8 Å². The van der Waals surface area contributed by atoms with Crippen LogP contribution in [0.5, 0.6) is 11.5 Å². The lowest BCUT2D eigenvalue weighted by Gasteiger charge is -2.33. The summed E-state index contributed by atoms with van der Waals surface area (Å²) in [7, 11) is 2.99. The van der Waals surface area contributed by atoms with Gasteiger partial charge in [0.2, 0.25) is 0 Å². The fraction of sp³-hybridized carbons (Fsp3) is 0.320. The molecule has 0 bridgehead atoms. The number of amides is 4. The third kappa shape index (κ3) is 5.31. The van der Waals surface area contributed by atoms with E-state index in [9.17, 15) is 14.4 Å². The Hall–Kier alpha value is -3.17. The second-order valence-electron chi connectivity index (χ2n) is 7.64. The van der Waals surface area contributed by atoms with Crippen molar-refractivity contribution in [1.29, 1.82) is 0 Å². The molecule has 8 nitrogen and oxygen atoms in total. The average molecular weight is 531 g/mol. The fourth-order valence-electron chi connectivity index (χ4n) is 3.35. The molecule has 3 rings (SSSR count). The van der Waals surface area contributed by atoms with E-state index in [0.717, 1.165) is 16.2 Å². The van der Waals surface area contributed by atoms with Gasteiger partial charge in [0.15, 0.2) is 11.5 Å². The summed E-state index contributed by atoms with van der Waals surface area (Å²) < 4.78 is 17.1. The van der Waals surface area contributed by atoms with Crippen molar-refractivity contribution in [3.05, 3.63) is 58.1 Å². The Bertz CT molecular complexity index is 1100. The number of methoxy groups -OCH3 is 2. The van der Waals surface area contributed by atoms with E-state index in [1.807, 2.05) is 13.8 Å². The summed E-state index contributed by atoms with van der Waals surface area (Å²) in [5.74, 6) is -0.410. The van der Waals surface area contributed by atoms with Gasteiger partial charge < -0.3 is 14.2 Å². The van der Waals surface area contributed by atoms with E-state index >= 15 is 0 Å². The number of benzene rings is 2. The minimum atomic E-state index is -0.716. The van der Waals surface area contributed by atoms with E-state index < -0.39 is 17.8 Å². The van der Waals surface area contributed by atoms with Crippen molar-refractivity contribution in [2.75, 3.05) is 32.3 Å². The summed E-state index contributed by atoms with van der Waals surface area (Å²) in [6, 6.07) is 11.2. The Balaban J connectivity index is 2.08. The molecule has 0 aromatic heterocycles. The molecule has 1 aliphatic heterocycles. The summed E-state index contributed by atoms with van der Waals surface area (Å²) in [6.07, 6.45) is 2.23. The van der Waals surface area contributed by atoms with Gasteiger partial charge >= 0.3 is 6.03 Å². The number of ether oxygens (including phenoxy) is 3. The van der Waals surface area contributed by atoms with E-state index in [2.05, 4.69) is 15.9 Å². The minimum absolute atomic E-state index is 0.0107. The molecule has 0 N–H and O–H groups in total. The van der Waals surface area contributed by atoms with E-state index in [-0.39, 0.29) is 24.8 Å². The summed E-state index contributed by atoms with van der Waals surface area (Å²) in [4.78, 5) is 41.6. The fourth-order valence-corrected chi connectivity index (χ4v) is 3.90. The lowest BCUT2D eigenvalue weighted by atomic mass is 10.0. The first kappa shape index (κ1) is 25.5. The number of imide groups is 2. The third-order valence-electron chi connectivity index (χ3n) is 5.32. The topological polar surface area (TPSA) is 85.4 Å². The van der Waals surface area contributed by atoms with Crippen LogP contribution in [0.15, 0.2) is 52.5 Å². The maximum Gasteiger partial charge on any atom is 0.338 e.